The third-order valence-electron chi connectivity index (χ3n) is 7.24. The summed E-state index contributed by atoms with van der Waals surface area (Å²) in [5.74, 6) is 0.653. The average Bonchev–Trinajstić information content (AvgIpc) is 3.04. The van der Waals surface area contributed by atoms with Crippen molar-refractivity contribution in [1.82, 2.24) is 0 Å². The molecule has 0 heterocycles. The predicted octanol–water partition coefficient (Wildman–Crippen LogP) is 10.1. The molecule has 6 aromatic carbocycles. The van der Waals surface area contributed by atoms with Crippen LogP contribution in [0.15, 0.2) is 168 Å². The minimum atomic E-state index is 0.653. The first kappa shape index (κ1) is 25.9. The third-order valence-corrected chi connectivity index (χ3v) is 7.24. The van der Waals surface area contributed by atoms with Gasteiger partial charge in [-0.2, -0.15) is 0 Å². The van der Waals surface area contributed by atoms with Crippen LogP contribution in [0, 0.1) is 0 Å². The van der Waals surface area contributed by atoms with Crippen molar-refractivity contribution in [2.24, 2.45) is 9.98 Å². The monoisotopic (exact) mass is 526 g/mol. The molecule has 0 fully saturated rings. The molecule has 41 heavy (non-hydrogen) atoms. The Kier molecular flexibility index (Phi) is 7.46. The van der Waals surface area contributed by atoms with Gasteiger partial charge in [-0.15, -0.1) is 0 Å². The minimum Gasteiger partial charge on any atom is -0.233 e. The molecule has 0 aliphatic rings. The highest BCUT2D eigenvalue weighted by molar-refractivity contribution is 6.14. The molecule has 0 bridgehead atoms. The summed E-state index contributed by atoms with van der Waals surface area (Å²) in [4.78, 5) is 10.3. The van der Waals surface area contributed by atoms with Crippen LogP contribution in [-0.4, -0.2) is 11.5 Å². The quantitative estimate of drug-likeness (QED) is 0.117. The number of allylic oxidation sites excluding steroid dienone is 2. The second-order valence-electron chi connectivity index (χ2n) is 9.92. The molecule has 0 aromatic heterocycles. The summed E-state index contributed by atoms with van der Waals surface area (Å²) in [6, 6.07) is 48.4. The van der Waals surface area contributed by atoms with Crippen molar-refractivity contribution < 1.29 is 0 Å². The van der Waals surface area contributed by atoms with Gasteiger partial charge in [-0.05, 0) is 57.3 Å². The Balaban J connectivity index is 1.56. The fraction of sp³-hybridized carbons (Fsp3) is 0.0256. The van der Waals surface area contributed by atoms with Crippen LogP contribution < -0.4 is 0 Å². The predicted molar refractivity (Wildman–Crippen MR) is 177 cm³/mol. The molecule has 0 unspecified atom stereocenters. The van der Waals surface area contributed by atoms with Crippen molar-refractivity contribution >= 4 is 38.8 Å². The van der Waals surface area contributed by atoms with Crippen LogP contribution in [0.25, 0.3) is 38.4 Å². The van der Waals surface area contributed by atoms with E-state index in [1.54, 1.807) is 6.08 Å². The Morgan fingerprint density at radius 3 is 1.95 bits per heavy atom. The van der Waals surface area contributed by atoms with Crippen LogP contribution in [0.5, 0.6) is 0 Å². The van der Waals surface area contributed by atoms with Gasteiger partial charge in [0.2, 0.25) is 0 Å². The van der Waals surface area contributed by atoms with Gasteiger partial charge in [-0.25, -0.2) is 9.98 Å². The molecule has 0 saturated carbocycles. The molecular formula is C39H30N2. The van der Waals surface area contributed by atoms with Crippen LogP contribution in [0.1, 0.15) is 23.6 Å². The van der Waals surface area contributed by atoms with Gasteiger partial charge in [0.25, 0.3) is 0 Å². The van der Waals surface area contributed by atoms with Gasteiger partial charge in [-0.1, -0.05) is 146 Å². The highest BCUT2D eigenvalue weighted by atomic mass is 14.9. The lowest BCUT2D eigenvalue weighted by Crippen LogP contribution is -2.04. The van der Waals surface area contributed by atoms with Gasteiger partial charge in [0.05, 0.1) is 5.70 Å². The summed E-state index contributed by atoms with van der Waals surface area (Å²) in [5.41, 5.74) is 7.10. The molecule has 6 aromatic rings. The Morgan fingerprint density at radius 1 is 0.585 bits per heavy atom. The van der Waals surface area contributed by atoms with E-state index in [4.69, 9.17) is 9.98 Å². The maximum absolute atomic E-state index is 5.23. The zero-order chi connectivity index (χ0) is 28.0. The first-order chi connectivity index (χ1) is 20.2. The Bertz CT molecular complexity index is 1940. The van der Waals surface area contributed by atoms with E-state index in [2.05, 4.69) is 110 Å². The summed E-state index contributed by atoms with van der Waals surface area (Å²) in [5, 5.41) is 4.76. The average molecular weight is 527 g/mol. The van der Waals surface area contributed by atoms with Crippen molar-refractivity contribution in [3.8, 4) is 11.1 Å². The lowest BCUT2D eigenvalue weighted by atomic mass is 9.92. The molecule has 0 radical (unpaired) electrons. The Morgan fingerprint density at radius 2 is 1.22 bits per heavy atom. The van der Waals surface area contributed by atoms with E-state index in [-0.39, 0.29) is 0 Å². The van der Waals surface area contributed by atoms with Crippen LogP contribution >= 0.6 is 0 Å². The summed E-state index contributed by atoms with van der Waals surface area (Å²) in [7, 11) is 0. The number of fused-ring (bicyclic) bond motifs is 2. The number of amidine groups is 1. The van der Waals surface area contributed by atoms with Crippen molar-refractivity contribution in [3.63, 3.8) is 0 Å². The molecule has 0 aliphatic carbocycles. The van der Waals surface area contributed by atoms with Crippen molar-refractivity contribution in [2.45, 2.75) is 6.92 Å². The van der Waals surface area contributed by atoms with E-state index >= 15 is 0 Å². The zero-order valence-electron chi connectivity index (χ0n) is 23.0. The van der Waals surface area contributed by atoms with Crippen molar-refractivity contribution in [2.75, 3.05) is 0 Å². The molecule has 2 heteroatoms. The van der Waals surface area contributed by atoms with Gasteiger partial charge in [0, 0.05) is 16.8 Å². The minimum absolute atomic E-state index is 0.653. The molecule has 0 aliphatic heterocycles. The second kappa shape index (κ2) is 11.8. The van der Waals surface area contributed by atoms with Gasteiger partial charge in [-0.3, -0.25) is 0 Å². The van der Waals surface area contributed by atoms with Crippen LogP contribution in [-0.2, 0) is 0 Å². The maximum Gasteiger partial charge on any atom is 0.160 e. The number of hydrogen-bond acceptors (Lipinski definition) is 1. The van der Waals surface area contributed by atoms with Gasteiger partial charge in [0.1, 0.15) is 0 Å². The molecule has 0 amide bonds. The van der Waals surface area contributed by atoms with E-state index in [0.29, 0.717) is 5.84 Å². The highest BCUT2D eigenvalue weighted by Gasteiger charge is 2.14. The van der Waals surface area contributed by atoms with E-state index in [9.17, 15) is 0 Å². The number of nitrogens with zero attached hydrogens (tertiary/aromatic N) is 2. The highest BCUT2D eigenvalue weighted by Crippen LogP contribution is 2.36. The fourth-order valence-corrected chi connectivity index (χ4v) is 5.21. The Hall–Kier alpha value is -5.34. The van der Waals surface area contributed by atoms with E-state index in [1.165, 1.54) is 21.9 Å². The van der Waals surface area contributed by atoms with Crippen LogP contribution in [0.3, 0.4) is 0 Å². The molecule has 0 spiro atoms. The van der Waals surface area contributed by atoms with Crippen LogP contribution in [0.2, 0.25) is 0 Å². The second-order valence-corrected chi connectivity index (χ2v) is 9.92. The topological polar surface area (TPSA) is 24.7 Å². The van der Waals surface area contributed by atoms with Crippen molar-refractivity contribution in [3.05, 3.63) is 175 Å². The van der Waals surface area contributed by atoms with Gasteiger partial charge < -0.3 is 0 Å². The van der Waals surface area contributed by atoms with E-state index in [1.807, 2.05) is 49.4 Å². The number of hydrogen-bond donors (Lipinski definition) is 0. The number of aliphatic imine (C=N–C) groups is 2. The number of rotatable bonds is 6. The lowest BCUT2D eigenvalue weighted by Gasteiger charge is -2.14. The molecule has 0 N–H and O–H groups in total. The molecule has 196 valence electrons. The van der Waals surface area contributed by atoms with E-state index in [0.717, 1.165) is 38.9 Å². The summed E-state index contributed by atoms with van der Waals surface area (Å²) in [6.07, 6.45) is 3.77. The first-order valence-corrected chi connectivity index (χ1v) is 13.8. The SMILES string of the molecule is C=C/C=C(/N=C(\N=C(/C)c1ccccc1)c1ccccc1)c1cccc2cccc(-c3ccc4ccccc4c3)c12. The largest absolute Gasteiger partial charge is 0.233 e. The summed E-state index contributed by atoms with van der Waals surface area (Å²) < 4.78 is 0. The Labute approximate surface area is 241 Å². The molecule has 0 saturated heterocycles. The van der Waals surface area contributed by atoms with Gasteiger partial charge in [0.15, 0.2) is 5.84 Å². The molecular weight excluding hydrogens is 496 g/mol. The normalized spacial score (nSPS) is 12.6. The third kappa shape index (κ3) is 5.54. The molecule has 0 atom stereocenters. The molecule has 6 rings (SSSR count). The summed E-state index contributed by atoms with van der Waals surface area (Å²) >= 11 is 0. The van der Waals surface area contributed by atoms with Crippen LogP contribution in [0.4, 0.5) is 0 Å². The smallest absolute Gasteiger partial charge is 0.160 e. The standard InChI is InChI=1S/C39H30N2/c1-3-14-37(41-39(32-18-8-5-9-19-32)40-28(2)29-15-6-4-7-16-29)36-24-13-22-31-21-12-23-35(38(31)36)34-26-25-30-17-10-11-20-33(30)27-34/h3-27H,1H2,2H3/b37-14+,40-28+,41-39-. The molecule has 2 nitrogen and oxygen atoms in total. The van der Waals surface area contributed by atoms with Crippen molar-refractivity contribution in [1.29, 1.82) is 0 Å². The maximum atomic E-state index is 5.23. The first-order valence-electron chi connectivity index (χ1n) is 13.8. The van der Waals surface area contributed by atoms with Gasteiger partial charge >= 0.3 is 0 Å². The zero-order valence-corrected chi connectivity index (χ0v) is 23.0. The lowest BCUT2D eigenvalue weighted by molar-refractivity contribution is 1.44. The van der Waals surface area contributed by atoms with E-state index < -0.39 is 0 Å². The summed E-state index contributed by atoms with van der Waals surface area (Å²) in [6.45, 7) is 6.06. The number of benzene rings is 6. The fourth-order valence-electron chi connectivity index (χ4n) is 5.21.